The summed E-state index contributed by atoms with van der Waals surface area (Å²) in [6.45, 7) is 3.94. The van der Waals surface area contributed by atoms with Crippen LogP contribution in [0.2, 0.25) is 0 Å². The number of nitriles is 1. The lowest BCUT2D eigenvalue weighted by molar-refractivity contribution is -0.115. The van der Waals surface area contributed by atoms with Crippen LogP contribution in [0.5, 0.6) is 0 Å². The molecule has 0 saturated heterocycles. The zero-order chi connectivity index (χ0) is 20.3. The molecule has 2 N–H and O–H groups in total. The van der Waals surface area contributed by atoms with Crippen LogP contribution >= 0.6 is 11.8 Å². The van der Waals surface area contributed by atoms with Crippen LogP contribution in [-0.2, 0) is 17.6 Å². The fourth-order valence-electron chi connectivity index (χ4n) is 3.19. The molecule has 28 heavy (non-hydrogen) atoms. The third-order valence-corrected chi connectivity index (χ3v) is 5.86. The van der Waals surface area contributed by atoms with E-state index < -0.39 is 11.2 Å². The molecule has 0 radical (unpaired) electrons. The highest BCUT2D eigenvalue weighted by Gasteiger charge is 2.22. The van der Waals surface area contributed by atoms with Crippen molar-refractivity contribution in [2.45, 2.75) is 43.4 Å². The van der Waals surface area contributed by atoms with Gasteiger partial charge in [0.25, 0.3) is 0 Å². The van der Waals surface area contributed by atoms with E-state index in [0.717, 1.165) is 30.5 Å². The van der Waals surface area contributed by atoms with Crippen LogP contribution in [0.4, 0.5) is 5.69 Å². The minimum absolute atomic E-state index is 0.107. The number of rotatable bonds is 5. The van der Waals surface area contributed by atoms with Crippen LogP contribution in [0.25, 0.3) is 0 Å². The quantitative estimate of drug-likeness (QED) is 0.745. The number of carbonyl (C=O) groups is 2. The standard InChI is InChI=1S/C21H21N3O3S/c1-12-6-7-18-15(8-12)9-16(11-22)20(24-18)28-13(2)19(25)23-17-5-3-4-14(10-17)21(26)27/h3-5,9-10,12-13H,6-8H2,1-2H3,(H,23,25)(H,26,27). The molecule has 0 saturated carbocycles. The maximum Gasteiger partial charge on any atom is 0.335 e. The Hall–Kier alpha value is -2.85. The first-order valence-electron chi connectivity index (χ1n) is 9.11. The van der Waals surface area contributed by atoms with Gasteiger partial charge in [0.05, 0.1) is 16.4 Å². The summed E-state index contributed by atoms with van der Waals surface area (Å²) in [5.74, 6) is -0.736. The molecule has 144 valence electrons. The van der Waals surface area contributed by atoms with Gasteiger partial charge in [0.1, 0.15) is 11.1 Å². The fourth-order valence-corrected chi connectivity index (χ4v) is 4.09. The van der Waals surface area contributed by atoms with Crippen molar-refractivity contribution in [3.8, 4) is 6.07 Å². The van der Waals surface area contributed by atoms with Crippen molar-refractivity contribution in [2.24, 2.45) is 5.92 Å². The van der Waals surface area contributed by atoms with Gasteiger partial charge in [0.2, 0.25) is 5.91 Å². The molecule has 1 aliphatic rings. The molecule has 1 aromatic heterocycles. The van der Waals surface area contributed by atoms with Crippen LogP contribution in [0.3, 0.4) is 0 Å². The number of aryl methyl sites for hydroxylation is 1. The maximum atomic E-state index is 12.5. The fraction of sp³-hybridized carbons (Fsp3) is 0.333. The lowest BCUT2D eigenvalue weighted by Crippen LogP contribution is -2.23. The molecule has 1 heterocycles. The molecule has 7 heteroatoms. The van der Waals surface area contributed by atoms with Gasteiger partial charge >= 0.3 is 5.97 Å². The lowest BCUT2D eigenvalue weighted by atomic mass is 9.87. The number of hydrogen-bond donors (Lipinski definition) is 2. The van der Waals surface area contributed by atoms with Crippen molar-refractivity contribution in [3.05, 3.63) is 52.7 Å². The molecule has 0 fully saturated rings. The molecule has 0 bridgehead atoms. The molecule has 2 unspecified atom stereocenters. The first kappa shape index (κ1) is 19.9. The predicted octanol–water partition coefficient (Wildman–Crippen LogP) is 3.90. The number of benzene rings is 1. The number of fused-ring (bicyclic) bond motifs is 1. The first-order chi connectivity index (χ1) is 13.4. The molecule has 1 amide bonds. The minimum Gasteiger partial charge on any atom is -0.478 e. The summed E-state index contributed by atoms with van der Waals surface area (Å²) in [6, 6.07) is 10.2. The number of aromatic nitrogens is 1. The number of hydrogen-bond acceptors (Lipinski definition) is 5. The number of pyridine rings is 1. The maximum absolute atomic E-state index is 12.5. The Labute approximate surface area is 168 Å². The zero-order valence-corrected chi connectivity index (χ0v) is 16.5. The average molecular weight is 395 g/mol. The van der Waals surface area contributed by atoms with Crippen molar-refractivity contribution in [2.75, 3.05) is 5.32 Å². The zero-order valence-electron chi connectivity index (χ0n) is 15.7. The van der Waals surface area contributed by atoms with Gasteiger partial charge in [-0.3, -0.25) is 4.79 Å². The van der Waals surface area contributed by atoms with E-state index in [2.05, 4.69) is 23.3 Å². The normalized spacial score (nSPS) is 16.5. The summed E-state index contributed by atoms with van der Waals surface area (Å²) in [7, 11) is 0. The van der Waals surface area contributed by atoms with Gasteiger partial charge in [-0.25, -0.2) is 9.78 Å². The number of carboxylic acid groups (broad SMARTS) is 1. The van der Waals surface area contributed by atoms with Gasteiger partial charge in [0.15, 0.2) is 0 Å². The largest absolute Gasteiger partial charge is 0.478 e. The smallest absolute Gasteiger partial charge is 0.335 e. The van der Waals surface area contributed by atoms with E-state index >= 15 is 0 Å². The van der Waals surface area contributed by atoms with Crippen molar-refractivity contribution >= 4 is 29.3 Å². The number of amides is 1. The van der Waals surface area contributed by atoms with E-state index in [4.69, 9.17) is 5.11 Å². The number of nitrogens with zero attached hydrogens (tertiary/aromatic N) is 2. The summed E-state index contributed by atoms with van der Waals surface area (Å²) in [5, 5.41) is 21.4. The molecule has 1 aromatic carbocycles. The van der Waals surface area contributed by atoms with Crippen molar-refractivity contribution < 1.29 is 14.7 Å². The average Bonchev–Trinajstić information content (AvgIpc) is 2.67. The Morgan fingerprint density at radius 2 is 2.18 bits per heavy atom. The number of carbonyl (C=O) groups excluding carboxylic acids is 1. The highest BCUT2D eigenvalue weighted by molar-refractivity contribution is 8.00. The Morgan fingerprint density at radius 1 is 1.39 bits per heavy atom. The first-order valence-corrected chi connectivity index (χ1v) is 9.99. The summed E-state index contributed by atoms with van der Waals surface area (Å²) in [6.07, 6.45) is 2.89. The summed E-state index contributed by atoms with van der Waals surface area (Å²) >= 11 is 1.24. The van der Waals surface area contributed by atoms with Crippen LogP contribution in [0, 0.1) is 17.2 Å². The molecule has 0 aliphatic heterocycles. The van der Waals surface area contributed by atoms with Gasteiger partial charge in [-0.2, -0.15) is 5.26 Å². The summed E-state index contributed by atoms with van der Waals surface area (Å²) in [5.41, 5.74) is 3.16. The third-order valence-electron chi connectivity index (χ3n) is 4.75. The number of anilines is 1. The highest BCUT2D eigenvalue weighted by Crippen LogP contribution is 2.31. The molecular formula is C21H21N3O3S. The van der Waals surface area contributed by atoms with Crippen LogP contribution in [0.1, 0.15) is 47.4 Å². The second-order valence-electron chi connectivity index (χ2n) is 7.04. The third kappa shape index (κ3) is 4.52. The monoisotopic (exact) mass is 395 g/mol. The molecular weight excluding hydrogens is 374 g/mol. The van der Waals surface area contributed by atoms with E-state index in [1.807, 2.05) is 6.07 Å². The van der Waals surface area contributed by atoms with Crippen LogP contribution < -0.4 is 5.32 Å². The second-order valence-corrected chi connectivity index (χ2v) is 8.37. The van der Waals surface area contributed by atoms with Crippen LogP contribution in [-0.4, -0.2) is 27.2 Å². The summed E-state index contributed by atoms with van der Waals surface area (Å²) in [4.78, 5) is 28.3. The molecule has 6 nitrogen and oxygen atoms in total. The Kier molecular flexibility index (Phi) is 6.00. The van der Waals surface area contributed by atoms with Crippen molar-refractivity contribution in [1.29, 1.82) is 5.26 Å². The molecule has 3 rings (SSSR count). The lowest BCUT2D eigenvalue weighted by Gasteiger charge is -2.22. The van der Waals surface area contributed by atoms with Gasteiger partial charge in [0, 0.05) is 11.4 Å². The minimum atomic E-state index is -1.05. The Morgan fingerprint density at radius 3 is 2.89 bits per heavy atom. The molecule has 2 atom stereocenters. The number of thioether (sulfide) groups is 1. The Bertz CT molecular complexity index is 968. The van der Waals surface area contributed by atoms with E-state index in [-0.39, 0.29) is 11.5 Å². The topological polar surface area (TPSA) is 103 Å². The highest BCUT2D eigenvalue weighted by atomic mass is 32.2. The Balaban J connectivity index is 1.74. The molecule has 2 aromatic rings. The van der Waals surface area contributed by atoms with E-state index in [1.165, 1.54) is 23.9 Å². The van der Waals surface area contributed by atoms with Gasteiger partial charge in [-0.15, -0.1) is 0 Å². The summed E-state index contributed by atoms with van der Waals surface area (Å²) < 4.78 is 0. The van der Waals surface area contributed by atoms with Crippen LogP contribution in [0.15, 0.2) is 35.4 Å². The van der Waals surface area contributed by atoms with E-state index in [9.17, 15) is 14.9 Å². The van der Waals surface area contributed by atoms with Gasteiger partial charge < -0.3 is 10.4 Å². The van der Waals surface area contributed by atoms with Gasteiger partial charge in [-0.05, 0) is 61.9 Å². The van der Waals surface area contributed by atoms with E-state index in [1.54, 1.807) is 19.1 Å². The number of nitrogens with one attached hydrogen (secondary N) is 1. The predicted molar refractivity (Wildman–Crippen MR) is 107 cm³/mol. The van der Waals surface area contributed by atoms with E-state index in [0.29, 0.717) is 22.2 Å². The molecule has 0 spiro atoms. The van der Waals surface area contributed by atoms with Crippen molar-refractivity contribution in [1.82, 2.24) is 4.98 Å². The number of aromatic carboxylic acids is 1. The SMILES string of the molecule is CC1CCc2nc(SC(C)C(=O)Nc3cccc(C(=O)O)c3)c(C#N)cc2C1. The van der Waals surface area contributed by atoms with Gasteiger partial charge in [-0.1, -0.05) is 24.8 Å². The number of carboxylic acids is 1. The second kappa shape index (κ2) is 8.44. The molecule has 1 aliphatic carbocycles. The van der Waals surface area contributed by atoms with Crippen molar-refractivity contribution in [3.63, 3.8) is 0 Å².